The van der Waals surface area contributed by atoms with E-state index in [0.717, 1.165) is 5.56 Å². The van der Waals surface area contributed by atoms with Gasteiger partial charge in [-0.3, -0.25) is 9.59 Å². The van der Waals surface area contributed by atoms with Crippen LogP contribution in [0.2, 0.25) is 0 Å². The molecule has 0 spiro atoms. The van der Waals surface area contributed by atoms with Crippen molar-refractivity contribution >= 4 is 29.8 Å². The van der Waals surface area contributed by atoms with Crippen molar-refractivity contribution in [2.24, 2.45) is 16.1 Å². The van der Waals surface area contributed by atoms with E-state index in [0.29, 0.717) is 12.1 Å². The molecule has 0 saturated heterocycles. The van der Waals surface area contributed by atoms with Gasteiger partial charge in [-0.05, 0) is 25.0 Å². The fourth-order valence-electron chi connectivity index (χ4n) is 2.03. The Kier molecular flexibility index (Phi) is 5.59. The van der Waals surface area contributed by atoms with Gasteiger partial charge in [-0.1, -0.05) is 36.4 Å². The first kappa shape index (κ1) is 15.6. The van der Waals surface area contributed by atoms with Crippen LogP contribution in [0.3, 0.4) is 0 Å². The second kappa shape index (κ2) is 7.87. The van der Waals surface area contributed by atoms with Crippen LogP contribution in [0.1, 0.15) is 25.3 Å². The molecule has 22 heavy (non-hydrogen) atoms. The third-order valence-corrected chi connectivity index (χ3v) is 3.26. The highest BCUT2D eigenvalue weighted by Crippen LogP contribution is 2.13. The van der Waals surface area contributed by atoms with Crippen molar-refractivity contribution in [3.05, 3.63) is 42.0 Å². The van der Waals surface area contributed by atoms with Crippen LogP contribution in [0.25, 0.3) is 6.08 Å². The number of nitrogens with one attached hydrogen (secondary N) is 2. The Bertz CT molecular complexity index is 620. The molecule has 2 N–H and O–H groups in total. The molecule has 6 heteroatoms. The van der Waals surface area contributed by atoms with Crippen molar-refractivity contribution < 1.29 is 9.59 Å². The highest BCUT2D eigenvalue weighted by Gasteiger charge is 2.26. The van der Waals surface area contributed by atoms with Crippen molar-refractivity contribution in [2.75, 3.05) is 0 Å². The summed E-state index contributed by atoms with van der Waals surface area (Å²) >= 11 is 0. The molecule has 1 aliphatic heterocycles. The number of benzene rings is 1. The summed E-state index contributed by atoms with van der Waals surface area (Å²) in [5, 5.41) is 7.67. The molecular weight excluding hydrogens is 280 g/mol. The Morgan fingerprint density at radius 2 is 2.18 bits per heavy atom. The first-order valence-corrected chi connectivity index (χ1v) is 7.04. The van der Waals surface area contributed by atoms with Crippen LogP contribution in [0.5, 0.6) is 0 Å². The predicted molar refractivity (Wildman–Crippen MR) is 86.1 cm³/mol. The second-order valence-corrected chi connectivity index (χ2v) is 4.90. The molecule has 6 nitrogen and oxygen atoms in total. The van der Waals surface area contributed by atoms with Crippen LogP contribution in [-0.2, 0) is 9.59 Å². The molecule has 0 saturated carbocycles. The van der Waals surface area contributed by atoms with E-state index in [1.54, 1.807) is 13.0 Å². The Morgan fingerprint density at radius 1 is 1.41 bits per heavy atom. The second-order valence-electron chi connectivity index (χ2n) is 4.90. The topological polar surface area (TPSA) is 82.9 Å². The largest absolute Gasteiger partial charge is 0.273 e. The van der Waals surface area contributed by atoms with Crippen LogP contribution in [0.15, 0.2) is 46.6 Å². The van der Waals surface area contributed by atoms with Crippen molar-refractivity contribution in [1.82, 2.24) is 10.9 Å². The monoisotopic (exact) mass is 298 g/mol. The molecule has 2 amide bonds. The van der Waals surface area contributed by atoms with Gasteiger partial charge in [-0.25, -0.2) is 10.9 Å². The highest BCUT2D eigenvalue weighted by molar-refractivity contribution is 6.07. The quantitative estimate of drug-likeness (QED) is 0.619. The van der Waals surface area contributed by atoms with Crippen molar-refractivity contribution in [3.63, 3.8) is 0 Å². The minimum Gasteiger partial charge on any atom is -0.273 e. The lowest BCUT2D eigenvalue weighted by atomic mass is 9.99. The van der Waals surface area contributed by atoms with Gasteiger partial charge in [0.05, 0.1) is 5.92 Å². The molecule has 0 aliphatic carbocycles. The Balaban J connectivity index is 1.69. The summed E-state index contributed by atoms with van der Waals surface area (Å²) in [6.07, 6.45) is 5.81. The zero-order chi connectivity index (χ0) is 15.8. The first-order valence-electron chi connectivity index (χ1n) is 7.04. The van der Waals surface area contributed by atoms with Crippen molar-refractivity contribution in [1.29, 1.82) is 0 Å². The van der Waals surface area contributed by atoms with E-state index in [4.69, 9.17) is 0 Å². The fourth-order valence-corrected chi connectivity index (χ4v) is 2.03. The van der Waals surface area contributed by atoms with E-state index in [1.807, 2.05) is 36.4 Å². The SMILES string of the molecule is CC1=NNC(=O)[C@@H]1CCC(=O)N/N=C\C=C\c1ccccc1. The lowest BCUT2D eigenvalue weighted by Gasteiger charge is -2.05. The first-order chi connectivity index (χ1) is 10.7. The van der Waals surface area contributed by atoms with Crippen molar-refractivity contribution in [3.8, 4) is 0 Å². The molecule has 0 radical (unpaired) electrons. The zero-order valence-corrected chi connectivity index (χ0v) is 12.3. The van der Waals surface area contributed by atoms with Gasteiger partial charge in [0.15, 0.2) is 0 Å². The molecule has 2 rings (SSSR count). The smallest absolute Gasteiger partial charge is 0.248 e. The van der Waals surface area contributed by atoms with Gasteiger partial charge >= 0.3 is 0 Å². The van der Waals surface area contributed by atoms with Crippen LogP contribution in [0, 0.1) is 5.92 Å². The summed E-state index contributed by atoms with van der Waals surface area (Å²) in [7, 11) is 0. The third-order valence-electron chi connectivity index (χ3n) is 3.26. The van der Waals surface area contributed by atoms with Gasteiger partial charge in [0.2, 0.25) is 11.8 Å². The molecule has 0 aromatic heterocycles. The molecule has 1 aliphatic rings. The van der Waals surface area contributed by atoms with Crippen LogP contribution in [-0.4, -0.2) is 23.7 Å². The number of rotatable bonds is 6. The number of carbonyl (C=O) groups excluding carboxylic acids is 2. The zero-order valence-electron chi connectivity index (χ0n) is 12.3. The molecule has 1 aromatic rings. The Morgan fingerprint density at radius 3 is 2.86 bits per heavy atom. The summed E-state index contributed by atoms with van der Waals surface area (Å²) in [6.45, 7) is 1.77. The predicted octanol–water partition coefficient (Wildman–Crippen LogP) is 1.70. The van der Waals surface area contributed by atoms with E-state index in [2.05, 4.69) is 21.1 Å². The number of amides is 2. The van der Waals surface area contributed by atoms with Gasteiger partial charge < -0.3 is 0 Å². The summed E-state index contributed by atoms with van der Waals surface area (Å²) in [4.78, 5) is 23.1. The van der Waals surface area contributed by atoms with E-state index >= 15 is 0 Å². The van der Waals surface area contributed by atoms with Gasteiger partial charge in [-0.15, -0.1) is 0 Å². The van der Waals surface area contributed by atoms with E-state index in [-0.39, 0.29) is 24.2 Å². The minimum atomic E-state index is -0.312. The fraction of sp³-hybridized carbons (Fsp3) is 0.250. The average Bonchev–Trinajstić information content (AvgIpc) is 2.84. The molecule has 1 heterocycles. The molecule has 0 unspecified atom stereocenters. The summed E-state index contributed by atoms with van der Waals surface area (Å²) in [5.41, 5.74) is 6.60. The van der Waals surface area contributed by atoms with E-state index < -0.39 is 0 Å². The number of carbonyl (C=O) groups is 2. The van der Waals surface area contributed by atoms with E-state index in [9.17, 15) is 9.59 Å². The lowest BCUT2D eigenvalue weighted by Crippen LogP contribution is -2.25. The Labute approximate surface area is 129 Å². The summed E-state index contributed by atoms with van der Waals surface area (Å²) in [5.74, 6) is -0.691. The van der Waals surface area contributed by atoms with Crippen molar-refractivity contribution in [2.45, 2.75) is 19.8 Å². The number of hydrogen-bond donors (Lipinski definition) is 2. The maximum Gasteiger partial charge on any atom is 0.248 e. The summed E-state index contributed by atoms with van der Waals surface area (Å²) in [6, 6.07) is 9.79. The molecule has 1 atom stereocenters. The van der Waals surface area contributed by atoms with E-state index in [1.165, 1.54) is 6.21 Å². The van der Waals surface area contributed by atoms with Gasteiger partial charge in [0, 0.05) is 18.3 Å². The number of allylic oxidation sites excluding steroid dienone is 1. The molecule has 0 bridgehead atoms. The average molecular weight is 298 g/mol. The maximum atomic E-state index is 11.6. The molecule has 114 valence electrons. The number of hydrogen-bond acceptors (Lipinski definition) is 4. The highest BCUT2D eigenvalue weighted by atomic mass is 16.2. The number of nitrogens with zero attached hydrogens (tertiary/aromatic N) is 2. The van der Waals surface area contributed by atoms with Crippen LogP contribution >= 0.6 is 0 Å². The van der Waals surface area contributed by atoms with Gasteiger partial charge in [0.1, 0.15) is 0 Å². The Hall–Kier alpha value is -2.76. The molecule has 1 aromatic carbocycles. The summed E-state index contributed by atoms with van der Waals surface area (Å²) < 4.78 is 0. The van der Waals surface area contributed by atoms with Gasteiger partial charge in [0.25, 0.3) is 0 Å². The van der Waals surface area contributed by atoms with Crippen LogP contribution < -0.4 is 10.9 Å². The molecule has 0 fully saturated rings. The maximum absolute atomic E-state index is 11.6. The molecular formula is C16H18N4O2. The third kappa shape index (κ3) is 4.66. The van der Waals surface area contributed by atoms with Gasteiger partial charge in [-0.2, -0.15) is 10.2 Å². The lowest BCUT2D eigenvalue weighted by molar-refractivity contribution is -0.123. The normalized spacial score (nSPS) is 17.8. The minimum absolute atomic E-state index is 0.153. The standard InChI is InChI=1S/C16H18N4O2/c1-12-14(16(22)20-18-12)9-10-15(21)19-17-11-5-8-13-6-3-2-4-7-13/h2-8,11,14H,9-10H2,1H3,(H,19,21)(H,20,22)/b8-5+,17-11-/t14-/m1/s1. The number of hydrazone groups is 2. The van der Waals surface area contributed by atoms with Crippen LogP contribution in [0.4, 0.5) is 0 Å².